The van der Waals surface area contributed by atoms with Crippen LogP contribution in [0.3, 0.4) is 0 Å². The quantitative estimate of drug-likeness (QED) is 0.638. The van der Waals surface area contributed by atoms with Crippen molar-refractivity contribution >= 4 is 28.6 Å². The zero-order valence-corrected chi connectivity index (χ0v) is 11.2. The second-order valence-corrected chi connectivity index (χ2v) is 4.07. The molecule has 1 aromatic carbocycles. The number of methoxy groups -OCH3 is 2. The van der Waals surface area contributed by atoms with E-state index in [9.17, 15) is 9.18 Å². The molecule has 0 radical (unpaired) electrons. The topological polar surface area (TPSA) is 53.4 Å². The SMILES string of the molecule is COC(=O)Cn1c(CCl)nc2cc(F)c(OC)cc21. The van der Waals surface area contributed by atoms with Gasteiger partial charge in [-0.05, 0) is 0 Å². The molecule has 0 aliphatic rings. The van der Waals surface area contributed by atoms with Gasteiger partial charge in [0.2, 0.25) is 0 Å². The summed E-state index contributed by atoms with van der Waals surface area (Å²) in [6.07, 6.45) is 0. The van der Waals surface area contributed by atoms with Crippen molar-refractivity contribution in [3.8, 4) is 5.75 Å². The number of benzene rings is 1. The zero-order valence-electron chi connectivity index (χ0n) is 10.4. The molecule has 0 bridgehead atoms. The minimum atomic E-state index is -0.515. The molecule has 0 fully saturated rings. The van der Waals surface area contributed by atoms with E-state index in [2.05, 4.69) is 9.72 Å². The van der Waals surface area contributed by atoms with Gasteiger partial charge in [0.05, 0.1) is 31.1 Å². The summed E-state index contributed by atoms with van der Waals surface area (Å²) in [7, 11) is 2.66. The third-order valence-electron chi connectivity index (χ3n) is 2.74. The van der Waals surface area contributed by atoms with Crippen molar-refractivity contribution in [3.05, 3.63) is 23.8 Å². The molecule has 19 heavy (non-hydrogen) atoms. The molecule has 0 aliphatic heterocycles. The van der Waals surface area contributed by atoms with Gasteiger partial charge in [-0.15, -0.1) is 11.6 Å². The van der Waals surface area contributed by atoms with Gasteiger partial charge in [-0.1, -0.05) is 0 Å². The van der Waals surface area contributed by atoms with Gasteiger partial charge < -0.3 is 14.0 Å². The molecule has 0 spiro atoms. The van der Waals surface area contributed by atoms with Crippen LogP contribution in [0, 0.1) is 5.82 Å². The van der Waals surface area contributed by atoms with Gasteiger partial charge in [0.25, 0.3) is 0 Å². The number of carbonyl (C=O) groups is 1. The number of imidazole rings is 1. The number of hydrogen-bond donors (Lipinski definition) is 0. The summed E-state index contributed by atoms with van der Waals surface area (Å²) in [5, 5.41) is 0. The van der Waals surface area contributed by atoms with Crippen molar-refractivity contribution in [1.82, 2.24) is 9.55 Å². The fraction of sp³-hybridized carbons (Fsp3) is 0.333. The summed E-state index contributed by atoms with van der Waals surface area (Å²) in [6.45, 7) is -0.0379. The van der Waals surface area contributed by atoms with E-state index in [1.165, 1.54) is 26.4 Å². The molecule has 0 unspecified atom stereocenters. The molecule has 7 heteroatoms. The number of nitrogens with zero attached hydrogens (tertiary/aromatic N) is 2. The van der Waals surface area contributed by atoms with Crippen molar-refractivity contribution in [1.29, 1.82) is 0 Å². The predicted octanol–water partition coefficient (Wildman–Crippen LogP) is 2.10. The van der Waals surface area contributed by atoms with E-state index in [0.717, 1.165) is 0 Å². The Morgan fingerprint density at radius 1 is 1.47 bits per heavy atom. The number of rotatable bonds is 4. The lowest BCUT2D eigenvalue weighted by Gasteiger charge is -2.07. The molecule has 5 nitrogen and oxygen atoms in total. The fourth-order valence-corrected chi connectivity index (χ4v) is 2.01. The van der Waals surface area contributed by atoms with Crippen molar-refractivity contribution in [2.24, 2.45) is 0 Å². The first-order valence-corrected chi connectivity index (χ1v) is 5.99. The van der Waals surface area contributed by atoms with Gasteiger partial charge in [0, 0.05) is 12.1 Å². The molecule has 2 aromatic rings. The van der Waals surface area contributed by atoms with Crippen LogP contribution in [0.5, 0.6) is 5.75 Å². The monoisotopic (exact) mass is 286 g/mol. The maximum absolute atomic E-state index is 13.6. The number of ether oxygens (including phenoxy) is 2. The van der Waals surface area contributed by atoms with E-state index in [0.29, 0.717) is 16.9 Å². The van der Waals surface area contributed by atoms with Crippen LogP contribution in [0.4, 0.5) is 4.39 Å². The number of esters is 1. The molecule has 1 aromatic heterocycles. The van der Waals surface area contributed by atoms with E-state index in [-0.39, 0.29) is 18.2 Å². The Labute approximate surface area is 113 Å². The highest BCUT2D eigenvalue weighted by Crippen LogP contribution is 2.26. The summed E-state index contributed by atoms with van der Waals surface area (Å²) < 4.78 is 24.7. The van der Waals surface area contributed by atoms with E-state index in [1.54, 1.807) is 4.57 Å². The number of fused-ring (bicyclic) bond motifs is 1. The van der Waals surface area contributed by atoms with Crippen LogP contribution >= 0.6 is 11.6 Å². The summed E-state index contributed by atoms with van der Waals surface area (Å²) in [4.78, 5) is 15.6. The predicted molar refractivity (Wildman–Crippen MR) is 67.8 cm³/mol. The van der Waals surface area contributed by atoms with Crippen LogP contribution in [0.1, 0.15) is 5.82 Å². The van der Waals surface area contributed by atoms with E-state index in [4.69, 9.17) is 16.3 Å². The van der Waals surface area contributed by atoms with Crippen molar-refractivity contribution < 1.29 is 18.7 Å². The molecular formula is C12H12ClFN2O3. The number of aromatic nitrogens is 2. The lowest BCUT2D eigenvalue weighted by atomic mass is 10.3. The molecule has 0 aliphatic carbocycles. The number of alkyl halides is 1. The standard InChI is InChI=1S/C12H12ClFN2O3/c1-18-10-4-9-8(3-7(10)14)15-11(5-13)16(9)6-12(17)19-2/h3-4H,5-6H2,1-2H3. The van der Waals surface area contributed by atoms with Crippen LogP contribution in [-0.4, -0.2) is 29.7 Å². The molecule has 0 saturated heterocycles. The second kappa shape index (κ2) is 5.44. The Morgan fingerprint density at radius 2 is 2.21 bits per heavy atom. The highest BCUT2D eigenvalue weighted by molar-refractivity contribution is 6.16. The smallest absolute Gasteiger partial charge is 0.325 e. The Morgan fingerprint density at radius 3 is 2.79 bits per heavy atom. The van der Waals surface area contributed by atoms with Crippen molar-refractivity contribution in [3.63, 3.8) is 0 Å². The third kappa shape index (κ3) is 2.49. The van der Waals surface area contributed by atoms with E-state index in [1.807, 2.05) is 0 Å². The van der Waals surface area contributed by atoms with Crippen LogP contribution in [0.15, 0.2) is 12.1 Å². The maximum atomic E-state index is 13.6. The first-order chi connectivity index (χ1) is 9.10. The lowest BCUT2D eigenvalue weighted by Crippen LogP contribution is -2.13. The molecule has 0 N–H and O–H groups in total. The second-order valence-electron chi connectivity index (χ2n) is 3.80. The fourth-order valence-electron chi connectivity index (χ4n) is 1.80. The third-order valence-corrected chi connectivity index (χ3v) is 2.97. The first kappa shape index (κ1) is 13.6. The number of carbonyl (C=O) groups excluding carboxylic acids is 1. The van der Waals surface area contributed by atoms with E-state index < -0.39 is 11.8 Å². The summed E-state index contributed by atoms with van der Waals surface area (Å²) in [5.74, 6) is -0.294. The molecule has 0 saturated carbocycles. The minimum Gasteiger partial charge on any atom is -0.494 e. The highest BCUT2D eigenvalue weighted by atomic mass is 35.5. The van der Waals surface area contributed by atoms with Gasteiger partial charge in [-0.2, -0.15) is 0 Å². The highest BCUT2D eigenvalue weighted by Gasteiger charge is 2.16. The normalized spacial score (nSPS) is 10.7. The molecule has 1 heterocycles. The summed E-state index contributed by atoms with van der Waals surface area (Å²) in [5.41, 5.74) is 0.983. The van der Waals surface area contributed by atoms with Gasteiger partial charge >= 0.3 is 5.97 Å². The maximum Gasteiger partial charge on any atom is 0.325 e. The Hall–Kier alpha value is -1.82. The van der Waals surface area contributed by atoms with Crippen molar-refractivity contribution in [2.75, 3.05) is 14.2 Å². The first-order valence-electron chi connectivity index (χ1n) is 5.46. The van der Waals surface area contributed by atoms with Gasteiger partial charge in [0.1, 0.15) is 12.4 Å². The van der Waals surface area contributed by atoms with Gasteiger partial charge in [-0.3, -0.25) is 4.79 Å². The average molecular weight is 287 g/mol. The summed E-state index contributed by atoms with van der Waals surface area (Å²) in [6, 6.07) is 2.73. The van der Waals surface area contributed by atoms with Gasteiger partial charge in [-0.25, -0.2) is 9.37 Å². The Bertz CT molecular complexity index is 627. The van der Waals surface area contributed by atoms with E-state index >= 15 is 0 Å². The number of hydrogen-bond acceptors (Lipinski definition) is 4. The Balaban J connectivity index is 2.61. The molecule has 0 atom stereocenters. The molecule has 0 amide bonds. The zero-order chi connectivity index (χ0) is 14.0. The summed E-state index contributed by atoms with van der Waals surface area (Å²) >= 11 is 5.78. The van der Waals surface area contributed by atoms with Crippen LogP contribution in [0.2, 0.25) is 0 Å². The average Bonchev–Trinajstić information content (AvgIpc) is 2.74. The molecular weight excluding hydrogens is 275 g/mol. The lowest BCUT2D eigenvalue weighted by molar-refractivity contribution is -0.141. The van der Waals surface area contributed by atoms with Crippen LogP contribution < -0.4 is 4.74 Å². The minimum absolute atomic E-state index is 0.0379. The van der Waals surface area contributed by atoms with Crippen LogP contribution in [-0.2, 0) is 22.0 Å². The molecule has 2 rings (SSSR count). The number of halogens is 2. The largest absolute Gasteiger partial charge is 0.494 e. The van der Waals surface area contributed by atoms with Crippen LogP contribution in [0.25, 0.3) is 11.0 Å². The van der Waals surface area contributed by atoms with Gasteiger partial charge in [0.15, 0.2) is 11.6 Å². The molecule has 102 valence electrons. The Kier molecular flexibility index (Phi) is 3.90. The van der Waals surface area contributed by atoms with Crippen molar-refractivity contribution in [2.45, 2.75) is 12.4 Å².